The minimum absolute atomic E-state index is 0.0279. The van der Waals surface area contributed by atoms with Crippen molar-refractivity contribution in [2.24, 2.45) is 0 Å². The molecule has 0 spiro atoms. The molecular weight excluding hydrogens is 374 g/mol. The average Bonchev–Trinajstić information content (AvgIpc) is 2.61. The molecule has 8 nitrogen and oxygen atoms in total. The molecule has 2 aromatic rings. The molecule has 1 heterocycles. The first-order valence-electron chi connectivity index (χ1n) is 9.42. The van der Waals surface area contributed by atoms with E-state index < -0.39 is 23.7 Å². The van der Waals surface area contributed by atoms with E-state index >= 15 is 0 Å². The van der Waals surface area contributed by atoms with E-state index in [0.717, 1.165) is 5.56 Å². The van der Waals surface area contributed by atoms with Gasteiger partial charge in [0.05, 0.1) is 18.7 Å². The predicted octanol–water partition coefficient (Wildman–Crippen LogP) is 3.24. The molecule has 1 unspecified atom stereocenters. The molecule has 0 fully saturated rings. The van der Waals surface area contributed by atoms with Crippen molar-refractivity contribution >= 4 is 12.1 Å². The number of benzene rings is 1. The molecule has 1 aromatic heterocycles. The lowest BCUT2D eigenvalue weighted by Gasteiger charge is -2.23. The number of esters is 1. The Kier molecular flexibility index (Phi) is 7.52. The predicted molar refractivity (Wildman–Crippen MR) is 107 cm³/mol. The van der Waals surface area contributed by atoms with Gasteiger partial charge in [-0.1, -0.05) is 0 Å². The summed E-state index contributed by atoms with van der Waals surface area (Å²) >= 11 is 0. The third-order valence-corrected chi connectivity index (χ3v) is 3.74. The fraction of sp³-hybridized carbons (Fsp3) is 0.429. The summed E-state index contributed by atoms with van der Waals surface area (Å²) in [7, 11) is 0. The van der Waals surface area contributed by atoms with Gasteiger partial charge in [-0.2, -0.15) is 0 Å². The van der Waals surface area contributed by atoms with Crippen molar-refractivity contribution in [1.82, 2.24) is 15.3 Å². The third kappa shape index (κ3) is 7.77. The zero-order valence-corrected chi connectivity index (χ0v) is 17.1. The molecule has 0 aliphatic rings. The average molecular weight is 401 g/mol. The van der Waals surface area contributed by atoms with Gasteiger partial charge in [0.15, 0.2) is 0 Å². The first kappa shape index (κ1) is 22.1. The summed E-state index contributed by atoms with van der Waals surface area (Å²) in [6.45, 7) is 7.26. The van der Waals surface area contributed by atoms with Crippen molar-refractivity contribution < 1.29 is 24.2 Å². The van der Waals surface area contributed by atoms with E-state index in [1.54, 1.807) is 64.2 Å². The number of carbonyl (C=O) groups is 2. The van der Waals surface area contributed by atoms with E-state index in [-0.39, 0.29) is 25.2 Å². The van der Waals surface area contributed by atoms with Crippen LogP contribution in [0.15, 0.2) is 36.5 Å². The standard InChI is InChI=1S/C21H27N3O5/c1-5-28-19(26)13-15(23-20(27)29-21(2,3)4)12-18-22-11-10-17(24-18)14-6-8-16(25)9-7-14/h6-11,15,25H,5,12-13H2,1-4H3,(H,23,27). The van der Waals surface area contributed by atoms with Gasteiger partial charge in [-0.25, -0.2) is 14.8 Å². The highest BCUT2D eigenvalue weighted by atomic mass is 16.6. The first-order valence-corrected chi connectivity index (χ1v) is 9.42. The summed E-state index contributed by atoms with van der Waals surface area (Å²) in [6, 6.07) is 7.80. The fourth-order valence-corrected chi connectivity index (χ4v) is 2.58. The van der Waals surface area contributed by atoms with Crippen LogP contribution in [0.1, 0.15) is 39.9 Å². The van der Waals surface area contributed by atoms with Crippen LogP contribution in [0.4, 0.5) is 4.79 Å². The zero-order valence-electron chi connectivity index (χ0n) is 17.1. The number of ether oxygens (including phenoxy) is 2. The molecular formula is C21H27N3O5. The van der Waals surface area contributed by atoms with Gasteiger partial charge in [0.1, 0.15) is 17.2 Å². The molecule has 2 N–H and O–H groups in total. The summed E-state index contributed by atoms with van der Waals surface area (Å²) in [5.41, 5.74) is 0.823. The Morgan fingerprint density at radius 3 is 2.48 bits per heavy atom. The minimum Gasteiger partial charge on any atom is -0.508 e. The molecule has 0 aliphatic carbocycles. The number of hydrogen-bond donors (Lipinski definition) is 2. The number of nitrogens with zero attached hydrogens (tertiary/aromatic N) is 2. The maximum absolute atomic E-state index is 12.2. The van der Waals surface area contributed by atoms with Gasteiger partial charge >= 0.3 is 12.1 Å². The second-order valence-corrected chi connectivity index (χ2v) is 7.46. The molecule has 8 heteroatoms. The Morgan fingerprint density at radius 2 is 1.86 bits per heavy atom. The number of aromatic hydroxyl groups is 1. The SMILES string of the molecule is CCOC(=O)CC(Cc1nccc(-c2ccc(O)cc2)n1)NC(=O)OC(C)(C)C. The Hall–Kier alpha value is -3.16. The zero-order chi connectivity index (χ0) is 21.4. The topological polar surface area (TPSA) is 111 Å². The van der Waals surface area contributed by atoms with Crippen molar-refractivity contribution in [2.75, 3.05) is 6.61 Å². The third-order valence-electron chi connectivity index (χ3n) is 3.74. The molecule has 0 saturated heterocycles. The highest BCUT2D eigenvalue weighted by Crippen LogP contribution is 2.20. The van der Waals surface area contributed by atoms with Crippen molar-refractivity contribution in [2.45, 2.75) is 52.2 Å². The van der Waals surface area contributed by atoms with Crippen molar-refractivity contribution in [3.05, 3.63) is 42.4 Å². The van der Waals surface area contributed by atoms with Gasteiger partial charge in [-0.3, -0.25) is 4.79 Å². The maximum atomic E-state index is 12.2. The maximum Gasteiger partial charge on any atom is 0.407 e. The van der Waals surface area contributed by atoms with Crippen LogP contribution in [-0.2, 0) is 20.7 Å². The molecule has 29 heavy (non-hydrogen) atoms. The fourth-order valence-electron chi connectivity index (χ4n) is 2.58. The Labute approximate surface area is 170 Å². The van der Waals surface area contributed by atoms with Crippen molar-refractivity contribution in [1.29, 1.82) is 0 Å². The quantitative estimate of drug-likeness (QED) is 0.685. The normalized spacial score (nSPS) is 12.1. The molecule has 1 atom stereocenters. The molecule has 1 aromatic carbocycles. The number of phenols is 1. The molecule has 2 rings (SSSR count). The van der Waals surface area contributed by atoms with Gasteiger partial charge in [-0.15, -0.1) is 0 Å². The van der Waals surface area contributed by atoms with Crippen LogP contribution in [0, 0.1) is 0 Å². The van der Waals surface area contributed by atoms with E-state index in [1.807, 2.05) is 0 Å². The molecule has 0 saturated carbocycles. The molecule has 1 amide bonds. The summed E-state index contributed by atoms with van der Waals surface area (Å²) in [5, 5.41) is 12.1. The lowest BCUT2D eigenvalue weighted by atomic mass is 10.1. The monoisotopic (exact) mass is 401 g/mol. The lowest BCUT2D eigenvalue weighted by Crippen LogP contribution is -2.41. The number of amides is 1. The molecule has 156 valence electrons. The minimum atomic E-state index is -0.659. The number of alkyl carbamates (subject to hydrolysis) is 1. The number of hydrogen-bond acceptors (Lipinski definition) is 7. The first-order chi connectivity index (χ1) is 13.7. The highest BCUT2D eigenvalue weighted by molar-refractivity contribution is 5.73. The van der Waals surface area contributed by atoms with E-state index in [2.05, 4.69) is 15.3 Å². The molecule has 0 aliphatic heterocycles. The van der Waals surface area contributed by atoms with Gasteiger partial charge in [-0.05, 0) is 58.0 Å². The largest absolute Gasteiger partial charge is 0.508 e. The van der Waals surface area contributed by atoms with Gasteiger partial charge in [0, 0.05) is 24.2 Å². The number of nitrogens with one attached hydrogen (secondary N) is 1. The van der Waals surface area contributed by atoms with Crippen LogP contribution >= 0.6 is 0 Å². The van der Waals surface area contributed by atoms with Crippen molar-refractivity contribution in [3.63, 3.8) is 0 Å². The Bertz CT molecular complexity index is 831. The number of phenolic OH excluding ortho intramolecular Hbond substituents is 1. The number of carbonyl (C=O) groups excluding carboxylic acids is 2. The van der Waals surface area contributed by atoms with E-state index in [9.17, 15) is 14.7 Å². The molecule has 0 radical (unpaired) electrons. The van der Waals surface area contributed by atoms with Crippen molar-refractivity contribution in [3.8, 4) is 17.0 Å². The van der Waals surface area contributed by atoms with Crippen LogP contribution in [0.5, 0.6) is 5.75 Å². The van der Waals surface area contributed by atoms with Crippen LogP contribution in [0.25, 0.3) is 11.3 Å². The summed E-state index contributed by atoms with van der Waals surface area (Å²) < 4.78 is 10.3. The summed E-state index contributed by atoms with van der Waals surface area (Å²) in [4.78, 5) is 32.9. The van der Waals surface area contributed by atoms with Crippen LogP contribution in [0.2, 0.25) is 0 Å². The van der Waals surface area contributed by atoms with Crippen LogP contribution in [0.3, 0.4) is 0 Å². The highest BCUT2D eigenvalue weighted by Gasteiger charge is 2.23. The molecule has 0 bridgehead atoms. The Balaban J connectivity index is 2.16. The van der Waals surface area contributed by atoms with E-state index in [1.165, 1.54) is 0 Å². The van der Waals surface area contributed by atoms with Gasteiger partial charge < -0.3 is 19.9 Å². The summed E-state index contributed by atoms with van der Waals surface area (Å²) in [5.74, 6) is 0.197. The van der Waals surface area contributed by atoms with Gasteiger partial charge in [0.2, 0.25) is 0 Å². The number of rotatable bonds is 7. The lowest BCUT2D eigenvalue weighted by molar-refractivity contribution is -0.143. The van der Waals surface area contributed by atoms with Gasteiger partial charge in [0.25, 0.3) is 0 Å². The smallest absolute Gasteiger partial charge is 0.407 e. The van der Waals surface area contributed by atoms with Crippen LogP contribution < -0.4 is 5.32 Å². The summed E-state index contributed by atoms with van der Waals surface area (Å²) in [6.07, 6.45) is 1.19. The van der Waals surface area contributed by atoms with E-state index in [4.69, 9.17) is 9.47 Å². The van der Waals surface area contributed by atoms with E-state index in [0.29, 0.717) is 11.5 Å². The second-order valence-electron chi connectivity index (χ2n) is 7.46. The van der Waals surface area contributed by atoms with Crippen LogP contribution in [-0.4, -0.2) is 45.4 Å². The number of aromatic nitrogens is 2. The Morgan fingerprint density at radius 1 is 1.17 bits per heavy atom. The second kappa shape index (κ2) is 9.86.